The van der Waals surface area contributed by atoms with E-state index in [0.29, 0.717) is 29.6 Å². The molecule has 1 aromatic rings. The fourth-order valence-corrected chi connectivity index (χ4v) is 1.43. The van der Waals surface area contributed by atoms with Gasteiger partial charge in [-0.1, -0.05) is 0 Å². The second-order valence-corrected chi connectivity index (χ2v) is 2.92. The molecule has 0 amide bonds. The first-order valence-corrected chi connectivity index (χ1v) is 3.97. The van der Waals surface area contributed by atoms with Crippen molar-refractivity contribution in [3.8, 4) is 0 Å². The first-order valence-electron chi connectivity index (χ1n) is 3.97. The van der Waals surface area contributed by atoms with E-state index in [2.05, 4.69) is 10.9 Å². The molecular weight excluding hydrogens is 186 g/mol. The van der Waals surface area contributed by atoms with Gasteiger partial charge in [0.1, 0.15) is 6.29 Å². The number of rotatable bonds is 2. The Bertz CT molecular complexity index is 417. The third-order valence-corrected chi connectivity index (χ3v) is 2.07. The lowest BCUT2D eigenvalue weighted by Crippen LogP contribution is -2.11. The van der Waals surface area contributed by atoms with Gasteiger partial charge in [-0.15, -0.1) is 0 Å². The van der Waals surface area contributed by atoms with Crippen molar-refractivity contribution in [2.75, 3.05) is 5.43 Å². The highest BCUT2D eigenvalue weighted by Crippen LogP contribution is 2.30. The molecule has 0 atom stereocenters. The maximum Gasteiger partial charge on any atom is 0.276 e. The Kier molecular flexibility index (Phi) is 1.90. The van der Waals surface area contributed by atoms with E-state index in [1.807, 2.05) is 0 Å². The third kappa shape index (κ3) is 1.21. The van der Waals surface area contributed by atoms with E-state index in [9.17, 15) is 14.9 Å². The molecule has 1 aliphatic rings. The number of benzene rings is 1. The molecule has 1 heterocycles. The summed E-state index contributed by atoms with van der Waals surface area (Å²) in [6.45, 7) is 0.394. The van der Waals surface area contributed by atoms with Crippen LogP contribution >= 0.6 is 0 Å². The number of aldehydes is 1. The Hall–Kier alpha value is -1.95. The lowest BCUT2D eigenvalue weighted by molar-refractivity contribution is -0.385. The minimum atomic E-state index is -0.486. The lowest BCUT2D eigenvalue weighted by Gasteiger charge is -2.00. The molecule has 1 aliphatic heterocycles. The minimum absolute atomic E-state index is 0.0258. The van der Waals surface area contributed by atoms with Gasteiger partial charge in [-0.05, 0) is 6.07 Å². The summed E-state index contributed by atoms with van der Waals surface area (Å²) < 4.78 is 0. The molecule has 2 rings (SSSR count). The Morgan fingerprint density at radius 1 is 1.50 bits per heavy atom. The van der Waals surface area contributed by atoms with Crippen molar-refractivity contribution in [2.45, 2.75) is 6.54 Å². The molecule has 0 radical (unpaired) electrons. The zero-order chi connectivity index (χ0) is 10.1. The van der Waals surface area contributed by atoms with Crippen LogP contribution in [0.15, 0.2) is 12.1 Å². The predicted octanol–water partition coefficient (Wildman–Crippen LogP) is 0.837. The van der Waals surface area contributed by atoms with Gasteiger partial charge in [0.15, 0.2) is 0 Å². The standard InChI is InChI=1S/C8H7N3O3/c12-4-5-1-7-6(3-9-10-7)8(2-5)11(13)14/h1-2,4,9-10H,3H2. The van der Waals surface area contributed by atoms with E-state index in [4.69, 9.17) is 0 Å². The number of nitro benzene ring substituents is 1. The molecule has 72 valence electrons. The number of carbonyl (C=O) groups is 1. The molecule has 0 spiro atoms. The van der Waals surface area contributed by atoms with Gasteiger partial charge in [-0.2, -0.15) is 0 Å². The van der Waals surface area contributed by atoms with Gasteiger partial charge in [-0.25, -0.2) is 5.43 Å². The fourth-order valence-electron chi connectivity index (χ4n) is 1.43. The number of nitrogens with one attached hydrogen (secondary N) is 2. The van der Waals surface area contributed by atoms with Gasteiger partial charge in [0.05, 0.1) is 16.2 Å². The Morgan fingerprint density at radius 3 is 2.93 bits per heavy atom. The summed E-state index contributed by atoms with van der Waals surface area (Å²) in [7, 11) is 0. The Labute approximate surface area is 79.0 Å². The first kappa shape index (κ1) is 8.64. The van der Waals surface area contributed by atoms with Gasteiger partial charge in [0.25, 0.3) is 5.69 Å². The zero-order valence-corrected chi connectivity index (χ0v) is 7.11. The molecule has 14 heavy (non-hydrogen) atoms. The summed E-state index contributed by atoms with van der Waals surface area (Å²) in [5.41, 5.74) is 6.97. The van der Waals surface area contributed by atoms with Crippen LogP contribution in [-0.4, -0.2) is 11.2 Å². The first-order chi connectivity index (χ1) is 6.72. The van der Waals surface area contributed by atoms with Crippen molar-refractivity contribution in [3.63, 3.8) is 0 Å². The highest BCUT2D eigenvalue weighted by atomic mass is 16.6. The largest absolute Gasteiger partial charge is 0.321 e. The van der Waals surface area contributed by atoms with Crippen molar-refractivity contribution < 1.29 is 9.72 Å². The topological polar surface area (TPSA) is 84.3 Å². The molecule has 0 bridgehead atoms. The van der Waals surface area contributed by atoms with Crippen LogP contribution in [0, 0.1) is 10.1 Å². The van der Waals surface area contributed by atoms with E-state index in [-0.39, 0.29) is 5.69 Å². The maximum absolute atomic E-state index is 10.7. The SMILES string of the molecule is O=Cc1cc2c(c([N+](=O)[O-])c1)CNN2. The molecule has 6 nitrogen and oxygen atoms in total. The lowest BCUT2D eigenvalue weighted by atomic mass is 10.1. The van der Waals surface area contributed by atoms with Gasteiger partial charge >= 0.3 is 0 Å². The van der Waals surface area contributed by atoms with Crippen LogP contribution in [0.5, 0.6) is 0 Å². The van der Waals surface area contributed by atoms with Crippen molar-refractivity contribution in [2.24, 2.45) is 0 Å². The van der Waals surface area contributed by atoms with Crippen molar-refractivity contribution in [1.29, 1.82) is 0 Å². The van der Waals surface area contributed by atoms with Crippen LogP contribution in [0.3, 0.4) is 0 Å². The molecule has 1 aromatic carbocycles. The van der Waals surface area contributed by atoms with Crippen molar-refractivity contribution in [1.82, 2.24) is 5.43 Å². The quantitative estimate of drug-likeness (QED) is 0.413. The van der Waals surface area contributed by atoms with Crippen LogP contribution in [0.4, 0.5) is 11.4 Å². The number of hydrazine groups is 1. The van der Waals surface area contributed by atoms with Gasteiger partial charge in [-0.3, -0.25) is 14.9 Å². The normalized spacial score (nSPS) is 13.1. The molecule has 2 N–H and O–H groups in total. The summed E-state index contributed by atoms with van der Waals surface area (Å²) in [5, 5.41) is 10.7. The summed E-state index contributed by atoms with van der Waals surface area (Å²) in [6.07, 6.45) is 0.591. The molecule has 0 saturated heterocycles. The molecule has 0 unspecified atom stereocenters. The van der Waals surface area contributed by atoms with Crippen LogP contribution in [0.2, 0.25) is 0 Å². The van der Waals surface area contributed by atoms with Crippen LogP contribution in [-0.2, 0) is 6.54 Å². The average molecular weight is 193 g/mol. The number of nitrogens with zero attached hydrogens (tertiary/aromatic N) is 1. The molecule has 0 saturated carbocycles. The van der Waals surface area contributed by atoms with Gasteiger partial charge in [0.2, 0.25) is 0 Å². The molecule has 0 aromatic heterocycles. The van der Waals surface area contributed by atoms with Crippen molar-refractivity contribution in [3.05, 3.63) is 33.4 Å². The second-order valence-electron chi connectivity index (χ2n) is 2.92. The number of nitro groups is 1. The van der Waals surface area contributed by atoms with E-state index < -0.39 is 4.92 Å². The Morgan fingerprint density at radius 2 is 2.29 bits per heavy atom. The van der Waals surface area contributed by atoms with Crippen molar-refractivity contribution >= 4 is 17.7 Å². The number of hydrogen-bond acceptors (Lipinski definition) is 5. The van der Waals surface area contributed by atoms with Crippen LogP contribution < -0.4 is 10.9 Å². The zero-order valence-electron chi connectivity index (χ0n) is 7.11. The number of fused-ring (bicyclic) bond motifs is 1. The fraction of sp³-hybridized carbons (Fsp3) is 0.125. The smallest absolute Gasteiger partial charge is 0.276 e. The van der Waals surface area contributed by atoms with Gasteiger partial charge in [0, 0.05) is 18.2 Å². The number of hydrogen-bond donors (Lipinski definition) is 2. The van der Waals surface area contributed by atoms with E-state index >= 15 is 0 Å². The van der Waals surface area contributed by atoms with Gasteiger partial charge < -0.3 is 5.43 Å². The number of anilines is 1. The second kappa shape index (κ2) is 3.08. The average Bonchev–Trinajstić information content (AvgIpc) is 2.63. The molecule has 0 fully saturated rings. The van der Waals surface area contributed by atoms with E-state index in [1.165, 1.54) is 6.07 Å². The highest BCUT2D eigenvalue weighted by Gasteiger charge is 2.22. The van der Waals surface area contributed by atoms with E-state index in [0.717, 1.165) is 0 Å². The summed E-state index contributed by atoms with van der Waals surface area (Å²) in [5.74, 6) is 0. The number of carbonyl (C=O) groups excluding carboxylic acids is 1. The monoisotopic (exact) mass is 193 g/mol. The summed E-state index contributed by atoms with van der Waals surface area (Å²) >= 11 is 0. The molecular formula is C8H7N3O3. The summed E-state index contributed by atoms with van der Waals surface area (Å²) in [4.78, 5) is 20.7. The highest BCUT2D eigenvalue weighted by molar-refractivity contribution is 5.81. The minimum Gasteiger partial charge on any atom is -0.321 e. The predicted molar refractivity (Wildman–Crippen MR) is 48.9 cm³/mol. The summed E-state index contributed by atoms with van der Waals surface area (Å²) in [6, 6.07) is 2.86. The third-order valence-electron chi connectivity index (χ3n) is 2.07. The maximum atomic E-state index is 10.7. The molecule has 0 aliphatic carbocycles. The van der Waals surface area contributed by atoms with Crippen LogP contribution in [0.25, 0.3) is 0 Å². The molecule has 6 heteroatoms. The Balaban J connectivity index is 2.63. The van der Waals surface area contributed by atoms with Crippen LogP contribution in [0.1, 0.15) is 15.9 Å². The van der Waals surface area contributed by atoms with E-state index in [1.54, 1.807) is 6.07 Å².